The fraction of sp³-hybridized carbons (Fsp3) is 0.583. The van der Waals surface area contributed by atoms with Crippen LogP contribution in [-0.4, -0.2) is 46.1 Å². The lowest BCUT2D eigenvalue weighted by Gasteiger charge is -2.27. The summed E-state index contributed by atoms with van der Waals surface area (Å²) in [5, 5.41) is 11.3. The van der Waals surface area contributed by atoms with Gasteiger partial charge in [-0.1, -0.05) is 0 Å². The number of amides is 1. The number of carboxylic acids is 1. The quantitative estimate of drug-likeness (QED) is 0.922. The topological polar surface area (TPSA) is 70.5 Å². The summed E-state index contributed by atoms with van der Waals surface area (Å²) in [6, 6.07) is 0. The molecule has 1 amide bonds. The van der Waals surface area contributed by atoms with E-state index in [1.54, 1.807) is 12.3 Å². The average molecular weight is 322 g/mol. The SMILES string of the molecule is Cc1nc(CC(=O)N2CCC(C(=O)O)(C(F)(F)F)C2)cs1. The van der Waals surface area contributed by atoms with Gasteiger partial charge in [0.05, 0.1) is 17.1 Å². The highest BCUT2D eigenvalue weighted by atomic mass is 32.1. The molecule has 116 valence electrons. The van der Waals surface area contributed by atoms with E-state index in [1.165, 1.54) is 11.3 Å². The molecular weight excluding hydrogens is 309 g/mol. The zero-order valence-corrected chi connectivity index (χ0v) is 11.9. The van der Waals surface area contributed by atoms with Gasteiger partial charge in [0.2, 0.25) is 5.91 Å². The van der Waals surface area contributed by atoms with E-state index in [0.29, 0.717) is 5.69 Å². The zero-order chi connectivity index (χ0) is 15.8. The molecule has 1 atom stereocenters. The molecule has 0 bridgehead atoms. The van der Waals surface area contributed by atoms with E-state index in [2.05, 4.69) is 4.98 Å². The standard InChI is InChI=1S/C12H13F3N2O3S/c1-7-16-8(5-21-7)4-9(18)17-3-2-11(6-17,10(19)20)12(13,14)15/h5H,2-4,6H2,1H3,(H,19,20). The smallest absolute Gasteiger partial charge is 0.406 e. The second-order valence-corrected chi connectivity index (χ2v) is 6.05. The van der Waals surface area contributed by atoms with E-state index < -0.39 is 36.4 Å². The molecule has 9 heteroatoms. The number of halogens is 3. The number of aryl methyl sites for hydroxylation is 1. The molecule has 0 spiro atoms. The van der Waals surface area contributed by atoms with Gasteiger partial charge in [0.15, 0.2) is 5.41 Å². The number of carbonyl (C=O) groups excluding carboxylic acids is 1. The van der Waals surface area contributed by atoms with Gasteiger partial charge in [-0.05, 0) is 13.3 Å². The van der Waals surface area contributed by atoms with Gasteiger partial charge in [0.25, 0.3) is 0 Å². The van der Waals surface area contributed by atoms with Crippen molar-refractivity contribution < 1.29 is 27.9 Å². The molecule has 1 unspecified atom stereocenters. The van der Waals surface area contributed by atoms with E-state index in [9.17, 15) is 22.8 Å². The van der Waals surface area contributed by atoms with Crippen molar-refractivity contribution in [3.63, 3.8) is 0 Å². The molecule has 1 aromatic heterocycles. The van der Waals surface area contributed by atoms with Gasteiger partial charge in [-0.15, -0.1) is 11.3 Å². The monoisotopic (exact) mass is 322 g/mol. The van der Waals surface area contributed by atoms with Gasteiger partial charge < -0.3 is 10.0 Å². The molecule has 1 N–H and O–H groups in total. The number of aliphatic carboxylic acids is 1. The van der Waals surface area contributed by atoms with Crippen molar-refractivity contribution in [1.29, 1.82) is 0 Å². The molecule has 21 heavy (non-hydrogen) atoms. The first-order valence-corrected chi connectivity index (χ1v) is 7.02. The first-order valence-electron chi connectivity index (χ1n) is 6.14. The molecule has 5 nitrogen and oxygen atoms in total. The van der Waals surface area contributed by atoms with Crippen LogP contribution in [0.25, 0.3) is 0 Å². The first kappa shape index (κ1) is 15.7. The predicted molar refractivity (Wildman–Crippen MR) is 67.9 cm³/mol. The Morgan fingerprint density at radius 2 is 2.19 bits per heavy atom. The molecule has 2 heterocycles. The largest absolute Gasteiger partial charge is 0.481 e. The Morgan fingerprint density at radius 3 is 2.62 bits per heavy atom. The second kappa shape index (κ2) is 5.28. The number of hydrogen-bond acceptors (Lipinski definition) is 4. The summed E-state index contributed by atoms with van der Waals surface area (Å²) >= 11 is 1.34. The summed E-state index contributed by atoms with van der Waals surface area (Å²) in [5.74, 6) is -2.47. The van der Waals surface area contributed by atoms with Gasteiger partial charge in [0.1, 0.15) is 0 Å². The maximum atomic E-state index is 13.0. The van der Waals surface area contributed by atoms with Crippen LogP contribution in [-0.2, 0) is 16.0 Å². The Labute approximate surface area is 122 Å². The average Bonchev–Trinajstić information content (AvgIpc) is 2.95. The van der Waals surface area contributed by atoms with Crippen LogP contribution in [0.2, 0.25) is 0 Å². The Bertz CT molecular complexity index is 572. The van der Waals surface area contributed by atoms with Crippen LogP contribution < -0.4 is 0 Å². The molecule has 0 aromatic carbocycles. The Kier molecular flexibility index (Phi) is 3.96. The number of carboxylic acid groups (broad SMARTS) is 1. The maximum Gasteiger partial charge on any atom is 0.406 e. The van der Waals surface area contributed by atoms with Crippen LogP contribution in [0.5, 0.6) is 0 Å². The fourth-order valence-electron chi connectivity index (χ4n) is 2.31. The van der Waals surface area contributed by atoms with Crippen molar-refractivity contribution in [2.75, 3.05) is 13.1 Å². The summed E-state index contributed by atoms with van der Waals surface area (Å²) < 4.78 is 39.0. The number of thiazole rings is 1. The minimum atomic E-state index is -4.88. The van der Waals surface area contributed by atoms with E-state index in [0.717, 1.165) is 9.91 Å². The van der Waals surface area contributed by atoms with Crippen LogP contribution in [0.15, 0.2) is 5.38 Å². The van der Waals surface area contributed by atoms with E-state index in [-0.39, 0.29) is 13.0 Å². The molecule has 0 aliphatic carbocycles. The molecule has 1 aliphatic rings. The van der Waals surface area contributed by atoms with E-state index in [1.807, 2.05) is 0 Å². The highest BCUT2D eigenvalue weighted by molar-refractivity contribution is 7.09. The summed E-state index contributed by atoms with van der Waals surface area (Å²) in [4.78, 5) is 28.1. The molecule has 0 radical (unpaired) electrons. The molecule has 1 saturated heterocycles. The second-order valence-electron chi connectivity index (χ2n) is 4.98. The molecule has 1 aromatic rings. The third kappa shape index (κ3) is 2.87. The number of rotatable bonds is 3. The minimum Gasteiger partial charge on any atom is -0.481 e. The summed E-state index contributed by atoms with van der Waals surface area (Å²) in [6.07, 6.45) is -5.61. The summed E-state index contributed by atoms with van der Waals surface area (Å²) in [5.41, 5.74) is -2.37. The number of carbonyl (C=O) groups is 2. The Morgan fingerprint density at radius 1 is 1.52 bits per heavy atom. The van der Waals surface area contributed by atoms with Crippen LogP contribution in [0.3, 0.4) is 0 Å². The van der Waals surface area contributed by atoms with Crippen molar-refractivity contribution in [3.05, 3.63) is 16.1 Å². The van der Waals surface area contributed by atoms with E-state index >= 15 is 0 Å². The molecule has 0 saturated carbocycles. The van der Waals surface area contributed by atoms with Gasteiger partial charge >= 0.3 is 12.1 Å². The Hall–Kier alpha value is -1.64. The highest BCUT2D eigenvalue weighted by Gasteiger charge is 2.64. The van der Waals surface area contributed by atoms with E-state index in [4.69, 9.17) is 5.11 Å². The van der Waals surface area contributed by atoms with Crippen molar-refractivity contribution in [1.82, 2.24) is 9.88 Å². The number of hydrogen-bond donors (Lipinski definition) is 1. The van der Waals surface area contributed by atoms with Gasteiger partial charge in [-0.25, -0.2) is 4.98 Å². The third-order valence-electron chi connectivity index (χ3n) is 3.57. The van der Waals surface area contributed by atoms with Gasteiger partial charge in [0, 0.05) is 18.5 Å². The molecular formula is C12H13F3N2O3S. The van der Waals surface area contributed by atoms with Crippen molar-refractivity contribution in [2.45, 2.75) is 25.9 Å². The molecule has 1 fully saturated rings. The highest BCUT2D eigenvalue weighted by Crippen LogP contribution is 2.45. The Balaban J connectivity index is 2.10. The van der Waals surface area contributed by atoms with Gasteiger partial charge in [-0.2, -0.15) is 13.2 Å². The normalized spacial score (nSPS) is 22.6. The van der Waals surface area contributed by atoms with Crippen molar-refractivity contribution in [3.8, 4) is 0 Å². The predicted octanol–water partition coefficient (Wildman–Crippen LogP) is 1.86. The van der Waals surface area contributed by atoms with Crippen molar-refractivity contribution >= 4 is 23.2 Å². The first-order chi connectivity index (χ1) is 9.65. The molecule has 2 rings (SSSR count). The van der Waals surface area contributed by atoms with Crippen LogP contribution in [0, 0.1) is 12.3 Å². The van der Waals surface area contributed by atoms with Gasteiger partial charge in [-0.3, -0.25) is 9.59 Å². The minimum absolute atomic E-state index is 0.113. The van der Waals surface area contributed by atoms with Crippen molar-refractivity contribution in [2.24, 2.45) is 5.41 Å². The number of nitrogens with zero attached hydrogens (tertiary/aromatic N) is 2. The van der Waals surface area contributed by atoms with Crippen LogP contribution in [0.1, 0.15) is 17.1 Å². The zero-order valence-electron chi connectivity index (χ0n) is 11.1. The maximum absolute atomic E-state index is 13.0. The van der Waals surface area contributed by atoms with Crippen LogP contribution in [0.4, 0.5) is 13.2 Å². The van der Waals surface area contributed by atoms with Crippen LogP contribution >= 0.6 is 11.3 Å². The summed E-state index contributed by atoms with van der Waals surface area (Å²) in [6.45, 7) is 0.704. The molecule has 1 aliphatic heterocycles. The lowest BCUT2D eigenvalue weighted by molar-refractivity contribution is -0.227. The third-order valence-corrected chi connectivity index (χ3v) is 4.40. The number of alkyl halides is 3. The lowest BCUT2D eigenvalue weighted by atomic mass is 9.86. The fourth-order valence-corrected chi connectivity index (χ4v) is 2.92. The number of aromatic nitrogens is 1. The summed E-state index contributed by atoms with van der Waals surface area (Å²) in [7, 11) is 0. The lowest BCUT2D eigenvalue weighted by Crippen LogP contribution is -2.47. The number of likely N-dealkylation sites (tertiary alicyclic amines) is 1.